The minimum absolute atomic E-state index is 0.330. The fourth-order valence-corrected chi connectivity index (χ4v) is 1.61. The van der Waals surface area contributed by atoms with Crippen molar-refractivity contribution in [2.24, 2.45) is 0 Å². The van der Waals surface area contributed by atoms with Gasteiger partial charge >= 0.3 is 0 Å². The molecular weight excluding hydrogens is 216 g/mol. The van der Waals surface area contributed by atoms with Gasteiger partial charge in [0.1, 0.15) is 5.75 Å². The number of nitrogens with zero attached hydrogens (tertiary/aromatic N) is 1. The third kappa shape index (κ3) is 5.68. The van der Waals surface area contributed by atoms with E-state index in [1.54, 1.807) is 7.11 Å². The lowest BCUT2D eigenvalue weighted by Gasteiger charge is -2.16. The highest BCUT2D eigenvalue weighted by Gasteiger charge is 2.04. The minimum Gasteiger partial charge on any atom is -0.497 e. The predicted octanol–water partition coefficient (Wildman–Crippen LogP) is 0.707. The Balaban J connectivity index is 2.25. The zero-order chi connectivity index (χ0) is 12.7. The van der Waals surface area contributed by atoms with Gasteiger partial charge in [-0.2, -0.15) is 0 Å². The third-order valence-corrected chi connectivity index (χ3v) is 2.44. The molecule has 4 heteroatoms. The van der Waals surface area contributed by atoms with Crippen LogP contribution in [0, 0.1) is 0 Å². The molecule has 1 atom stereocenters. The maximum absolute atomic E-state index is 9.66. The van der Waals surface area contributed by atoms with E-state index in [1.165, 1.54) is 5.56 Å². The van der Waals surface area contributed by atoms with E-state index >= 15 is 0 Å². The van der Waals surface area contributed by atoms with Crippen molar-refractivity contribution in [1.82, 2.24) is 10.2 Å². The monoisotopic (exact) mass is 238 g/mol. The van der Waals surface area contributed by atoms with Gasteiger partial charge in [0.05, 0.1) is 13.2 Å². The second-order valence-corrected chi connectivity index (χ2v) is 4.40. The van der Waals surface area contributed by atoms with Crippen LogP contribution in [0.2, 0.25) is 0 Å². The molecule has 0 aliphatic rings. The number of ether oxygens (including phenoxy) is 1. The van der Waals surface area contributed by atoms with Crippen LogP contribution >= 0.6 is 0 Å². The first-order chi connectivity index (χ1) is 8.11. The predicted molar refractivity (Wildman–Crippen MR) is 69.3 cm³/mol. The molecule has 1 rings (SSSR count). The van der Waals surface area contributed by atoms with Crippen molar-refractivity contribution in [1.29, 1.82) is 0 Å². The molecule has 1 unspecified atom stereocenters. The molecule has 0 spiro atoms. The molecule has 0 heterocycles. The number of benzene rings is 1. The van der Waals surface area contributed by atoms with Gasteiger partial charge in [-0.25, -0.2) is 0 Å². The molecular formula is C13H22N2O2. The molecule has 0 aliphatic heterocycles. The van der Waals surface area contributed by atoms with Crippen molar-refractivity contribution in [2.75, 3.05) is 34.3 Å². The molecule has 1 aromatic carbocycles. The number of hydrogen-bond acceptors (Lipinski definition) is 4. The Labute approximate surface area is 103 Å². The molecule has 96 valence electrons. The van der Waals surface area contributed by atoms with E-state index in [-0.39, 0.29) is 6.10 Å². The standard InChI is InChI=1S/C13H22N2O2/c1-15(2)10-12(16)9-14-8-11-4-6-13(17-3)7-5-11/h4-7,12,14,16H,8-10H2,1-3H3. The van der Waals surface area contributed by atoms with Gasteiger partial charge < -0.3 is 20.1 Å². The number of likely N-dealkylation sites (N-methyl/N-ethyl adjacent to an activating group) is 1. The van der Waals surface area contributed by atoms with E-state index in [4.69, 9.17) is 4.74 Å². The van der Waals surface area contributed by atoms with Crippen LogP contribution in [0.25, 0.3) is 0 Å². The van der Waals surface area contributed by atoms with Crippen molar-refractivity contribution in [2.45, 2.75) is 12.6 Å². The quantitative estimate of drug-likeness (QED) is 0.734. The summed E-state index contributed by atoms with van der Waals surface area (Å²) in [7, 11) is 5.56. The van der Waals surface area contributed by atoms with Gasteiger partial charge in [-0.05, 0) is 31.8 Å². The van der Waals surface area contributed by atoms with Crippen molar-refractivity contribution < 1.29 is 9.84 Å². The smallest absolute Gasteiger partial charge is 0.118 e. The van der Waals surface area contributed by atoms with Gasteiger partial charge in [0.25, 0.3) is 0 Å². The number of hydrogen-bond donors (Lipinski definition) is 2. The first kappa shape index (κ1) is 14.0. The maximum Gasteiger partial charge on any atom is 0.118 e. The van der Waals surface area contributed by atoms with Gasteiger partial charge in [-0.1, -0.05) is 12.1 Å². The van der Waals surface area contributed by atoms with E-state index in [0.29, 0.717) is 13.1 Å². The molecule has 0 aromatic heterocycles. The number of aliphatic hydroxyl groups excluding tert-OH is 1. The largest absolute Gasteiger partial charge is 0.497 e. The number of nitrogens with one attached hydrogen (secondary N) is 1. The van der Waals surface area contributed by atoms with Gasteiger partial charge in [0.2, 0.25) is 0 Å². The summed E-state index contributed by atoms with van der Waals surface area (Å²) >= 11 is 0. The molecule has 17 heavy (non-hydrogen) atoms. The van der Waals surface area contributed by atoms with Crippen molar-refractivity contribution in [3.63, 3.8) is 0 Å². The summed E-state index contributed by atoms with van der Waals surface area (Å²) in [5.74, 6) is 0.862. The highest BCUT2D eigenvalue weighted by molar-refractivity contribution is 5.26. The van der Waals surface area contributed by atoms with Crippen LogP contribution in [0.3, 0.4) is 0 Å². The van der Waals surface area contributed by atoms with E-state index in [0.717, 1.165) is 12.3 Å². The first-order valence-corrected chi connectivity index (χ1v) is 5.78. The van der Waals surface area contributed by atoms with Crippen LogP contribution in [0.15, 0.2) is 24.3 Å². The molecule has 0 saturated carbocycles. The average Bonchev–Trinajstić information content (AvgIpc) is 2.29. The zero-order valence-corrected chi connectivity index (χ0v) is 10.8. The molecule has 0 aliphatic carbocycles. The van der Waals surface area contributed by atoms with Crippen LogP contribution in [0.1, 0.15) is 5.56 Å². The topological polar surface area (TPSA) is 44.7 Å². The first-order valence-electron chi connectivity index (χ1n) is 5.78. The summed E-state index contributed by atoms with van der Waals surface area (Å²) in [6, 6.07) is 7.91. The van der Waals surface area contributed by atoms with E-state index in [9.17, 15) is 5.11 Å². The zero-order valence-electron chi connectivity index (χ0n) is 10.8. The lowest BCUT2D eigenvalue weighted by molar-refractivity contribution is 0.134. The second-order valence-electron chi connectivity index (χ2n) is 4.40. The molecule has 4 nitrogen and oxygen atoms in total. The van der Waals surface area contributed by atoms with Crippen molar-refractivity contribution >= 4 is 0 Å². The Hall–Kier alpha value is -1.10. The fourth-order valence-electron chi connectivity index (χ4n) is 1.61. The highest BCUT2D eigenvalue weighted by atomic mass is 16.5. The van der Waals surface area contributed by atoms with Gasteiger partial charge in [-0.3, -0.25) is 0 Å². The van der Waals surface area contributed by atoms with Gasteiger partial charge in [0.15, 0.2) is 0 Å². The Morgan fingerprint density at radius 2 is 1.94 bits per heavy atom. The molecule has 2 N–H and O–H groups in total. The molecule has 0 amide bonds. The van der Waals surface area contributed by atoms with Crippen molar-refractivity contribution in [3.8, 4) is 5.75 Å². The van der Waals surface area contributed by atoms with Crippen molar-refractivity contribution in [3.05, 3.63) is 29.8 Å². The molecule has 1 aromatic rings. The molecule has 0 saturated heterocycles. The average molecular weight is 238 g/mol. The summed E-state index contributed by atoms with van der Waals surface area (Å²) in [6.07, 6.45) is -0.330. The van der Waals surface area contributed by atoms with E-state index in [2.05, 4.69) is 5.32 Å². The highest BCUT2D eigenvalue weighted by Crippen LogP contribution is 2.10. The number of aliphatic hydroxyl groups is 1. The normalized spacial score (nSPS) is 12.8. The Bertz CT molecular complexity index is 312. The molecule has 0 fully saturated rings. The lowest BCUT2D eigenvalue weighted by Crippen LogP contribution is -2.34. The van der Waals surface area contributed by atoms with Crippen LogP contribution < -0.4 is 10.1 Å². The van der Waals surface area contributed by atoms with E-state index in [1.807, 2.05) is 43.3 Å². The van der Waals surface area contributed by atoms with Crippen LogP contribution in [-0.4, -0.2) is 50.4 Å². The summed E-state index contributed by atoms with van der Waals surface area (Å²) in [4.78, 5) is 1.97. The van der Waals surface area contributed by atoms with Gasteiger partial charge in [-0.15, -0.1) is 0 Å². The van der Waals surface area contributed by atoms with Crippen LogP contribution in [0.5, 0.6) is 5.75 Å². The Morgan fingerprint density at radius 1 is 1.29 bits per heavy atom. The van der Waals surface area contributed by atoms with Gasteiger partial charge in [0, 0.05) is 19.6 Å². The Morgan fingerprint density at radius 3 is 2.47 bits per heavy atom. The van der Waals surface area contributed by atoms with Crippen LogP contribution in [0.4, 0.5) is 0 Å². The SMILES string of the molecule is COc1ccc(CNCC(O)CN(C)C)cc1. The fraction of sp³-hybridized carbons (Fsp3) is 0.538. The number of rotatable bonds is 7. The lowest BCUT2D eigenvalue weighted by atomic mass is 10.2. The summed E-state index contributed by atoms with van der Waals surface area (Å²) in [5.41, 5.74) is 1.18. The molecule has 0 bridgehead atoms. The summed E-state index contributed by atoms with van der Waals surface area (Å²) in [6.45, 7) is 2.04. The van der Waals surface area contributed by atoms with E-state index < -0.39 is 0 Å². The second kappa shape index (κ2) is 7.27. The summed E-state index contributed by atoms with van der Waals surface area (Å²) < 4.78 is 5.09. The number of methoxy groups -OCH3 is 1. The van der Waals surface area contributed by atoms with Crippen LogP contribution in [-0.2, 0) is 6.54 Å². The maximum atomic E-state index is 9.66. The molecule has 0 radical (unpaired) electrons. The third-order valence-electron chi connectivity index (χ3n) is 2.44. The Kier molecular flexibility index (Phi) is 5.97. The summed E-state index contributed by atoms with van der Waals surface area (Å²) in [5, 5.41) is 12.9. The minimum atomic E-state index is -0.330.